The van der Waals surface area contributed by atoms with Crippen LogP contribution in [-0.4, -0.2) is 38.1 Å². The van der Waals surface area contributed by atoms with Crippen molar-refractivity contribution in [1.29, 1.82) is 0 Å². The summed E-state index contributed by atoms with van der Waals surface area (Å²) in [5.41, 5.74) is 8.75. The van der Waals surface area contributed by atoms with E-state index in [1.54, 1.807) is 12.1 Å². The molecular weight excluding hydrogens is 506 g/mol. The van der Waals surface area contributed by atoms with Crippen LogP contribution in [-0.2, 0) is 19.5 Å². The largest absolute Gasteiger partial charge is 0.496 e. The maximum absolute atomic E-state index is 11.5. The Morgan fingerprint density at radius 3 is 2.03 bits per heavy atom. The van der Waals surface area contributed by atoms with Crippen LogP contribution in [0.5, 0.6) is 5.75 Å². The number of benzene rings is 1. The van der Waals surface area contributed by atoms with E-state index in [2.05, 4.69) is 15.0 Å². The van der Waals surface area contributed by atoms with Gasteiger partial charge in [-0.15, -0.1) is 0 Å². The average molecular weight is 526 g/mol. The van der Waals surface area contributed by atoms with Crippen molar-refractivity contribution in [2.75, 3.05) is 7.11 Å². The second-order valence-corrected chi connectivity index (χ2v) is 8.31. The molecule has 0 saturated heterocycles. The molecule has 7 nitrogen and oxygen atoms in total. The number of hydrogen-bond acceptors (Lipinski definition) is 4. The molecule has 0 atom stereocenters. The third kappa shape index (κ3) is 4.51. The molecule has 36 heavy (non-hydrogen) atoms. The molecule has 0 aliphatic carbocycles. The van der Waals surface area contributed by atoms with Crippen LogP contribution < -0.4 is 4.74 Å². The first-order valence-electron chi connectivity index (χ1n) is 11.0. The summed E-state index contributed by atoms with van der Waals surface area (Å²) in [7, 11) is 1.54. The Labute approximate surface area is 219 Å². The van der Waals surface area contributed by atoms with Gasteiger partial charge in [-0.1, -0.05) is 0 Å². The van der Waals surface area contributed by atoms with Gasteiger partial charge in [-0.3, -0.25) is 0 Å². The summed E-state index contributed by atoms with van der Waals surface area (Å²) < 4.78 is 5.56. The topological polar surface area (TPSA) is 104 Å². The molecule has 8 bridgehead atoms. The molecule has 0 unspecified atom stereocenters. The van der Waals surface area contributed by atoms with Gasteiger partial charge in [-0.05, 0) is 85.0 Å². The predicted octanol–water partition coefficient (Wildman–Crippen LogP) is 6.03. The number of nitrogens with zero attached hydrogens (tertiary/aromatic N) is 2. The minimum Gasteiger partial charge on any atom is -0.496 e. The molecule has 0 spiro atoms. The van der Waals surface area contributed by atoms with E-state index in [0.717, 1.165) is 56.0 Å². The average Bonchev–Trinajstić information content (AvgIpc) is 3.64. The number of rotatable bonds is 3. The van der Waals surface area contributed by atoms with Crippen LogP contribution in [0.3, 0.4) is 0 Å². The monoisotopic (exact) mass is 524 g/mol. The molecule has 3 N–H and O–H groups in total. The maximum atomic E-state index is 11.5. The van der Waals surface area contributed by atoms with E-state index in [9.17, 15) is 9.90 Å². The fraction of sp³-hybridized carbons (Fsp3) is 0.0357. The third-order valence-corrected chi connectivity index (χ3v) is 5.91. The fourth-order valence-corrected chi connectivity index (χ4v) is 4.29. The molecule has 8 heteroatoms. The van der Waals surface area contributed by atoms with Gasteiger partial charge in [-0.25, -0.2) is 14.8 Å². The van der Waals surface area contributed by atoms with Crippen molar-refractivity contribution in [3.05, 3.63) is 89.0 Å². The minimum absolute atomic E-state index is 0. The Balaban J connectivity index is 0.00000267. The van der Waals surface area contributed by atoms with Crippen molar-refractivity contribution >= 4 is 52.3 Å². The summed E-state index contributed by atoms with van der Waals surface area (Å²) in [5, 5.41) is 9.39. The third-order valence-electron chi connectivity index (χ3n) is 5.91. The van der Waals surface area contributed by atoms with Gasteiger partial charge in [0.25, 0.3) is 0 Å². The predicted molar refractivity (Wildman–Crippen MR) is 138 cm³/mol. The van der Waals surface area contributed by atoms with Crippen LogP contribution in [0, 0.1) is 0 Å². The van der Waals surface area contributed by atoms with Gasteiger partial charge in [-0.2, -0.15) is 0 Å². The molecule has 0 saturated carbocycles. The summed E-state index contributed by atoms with van der Waals surface area (Å²) in [6.07, 6.45) is 7.86. The van der Waals surface area contributed by atoms with Crippen LogP contribution in [0.4, 0.5) is 0 Å². The van der Waals surface area contributed by atoms with Crippen molar-refractivity contribution in [2.24, 2.45) is 0 Å². The number of aromatic amines is 2. The number of hydrogen-bond donors (Lipinski definition) is 3. The number of carbonyl (C=O) groups is 1. The first kappa shape index (κ1) is 23.5. The van der Waals surface area contributed by atoms with Crippen LogP contribution in [0.1, 0.15) is 33.1 Å². The fourth-order valence-electron chi connectivity index (χ4n) is 4.29. The number of H-pyrrole nitrogens is 2. The van der Waals surface area contributed by atoms with E-state index in [-0.39, 0.29) is 25.0 Å². The molecule has 2 aliphatic rings. The first-order chi connectivity index (χ1) is 17.0. The summed E-state index contributed by atoms with van der Waals surface area (Å²) in [4.78, 5) is 27.7. The minimum atomic E-state index is -1.00. The van der Waals surface area contributed by atoms with Crippen molar-refractivity contribution in [1.82, 2.24) is 19.9 Å². The Morgan fingerprint density at radius 1 is 0.722 bits per heavy atom. The Hall–Kier alpha value is -4.29. The number of carboxylic acid groups (broad SMARTS) is 1. The molecule has 1 aromatic carbocycles. The number of methoxy groups -OCH3 is 1. The molecule has 0 amide bonds. The molecule has 6 rings (SSSR count). The second-order valence-electron chi connectivity index (χ2n) is 8.31. The normalized spacial score (nSPS) is 11.8. The Morgan fingerprint density at radius 2 is 1.36 bits per heavy atom. The van der Waals surface area contributed by atoms with E-state index in [4.69, 9.17) is 9.72 Å². The number of nitrogens with one attached hydrogen (secondary N) is 2. The van der Waals surface area contributed by atoms with E-state index < -0.39 is 5.97 Å². The van der Waals surface area contributed by atoms with Crippen molar-refractivity contribution in [3.8, 4) is 16.9 Å². The zero-order valence-corrected chi connectivity index (χ0v) is 22.4. The number of ether oxygens (including phenoxy) is 1. The maximum Gasteiger partial charge on any atom is 0.335 e. The van der Waals surface area contributed by atoms with E-state index in [1.165, 1.54) is 13.2 Å². The van der Waals surface area contributed by atoms with Crippen LogP contribution >= 0.6 is 0 Å². The van der Waals surface area contributed by atoms with Crippen LogP contribution in [0.25, 0.3) is 57.5 Å². The molecule has 0 fully saturated rings. The first-order valence-corrected chi connectivity index (χ1v) is 11.0. The van der Waals surface area contributed by atoms with Gasteiger partial charge in [0, 0.05) is 52.7 Å². The molecular formula is C28H20N4O3Zn. The number of fused-ring (bicyclic) bond motifs is 8. The number of aromatic carboxylic acids is 1. The summed E-state index contributed by atoms with van der Waals surface area (Å²) in [6.45, 7) is 0. The molecule has 2 aliphatic heterocycles. The summed E-state index contributed by atoms with van der Waals surface area (Å²) >= 11 is 0. The molecule has 172 valence electrons. The van der Waals surface area contributed by atoms with E-state index in [1.807, 2.05) is 66.8 Å². The number of aromatic nitrogens is 4. The quantitative estimate of drug-likeness (QED) is 0.245. The van der Waals surface area contributed by atoms with Gasteiger partial charge >= 0.3 is 5.97 Å². The molecule has 4 aromatic rings. The van der Waals surface area contributed by atoms with Gasteiger partial charge in [0.1, 0.15) is 5.75 Å². The van der Waals surface area contributed by atoms with E-state index >= 15 is 0 Å². The number of carboxylic acids is 1. The van der Waals surface area contributed by atoms with Gasteiger partial charge < -0.3 is 19.8 Å². The van der Waals surface area contributed by atoms with Crippen LogP contribution in [0.15, 0.2) is 60.7 Å². The van der Waals surface area contributed by atoms with Gasteiger partial charge in [0.05, 0.1) is 35.4 Å². The van der Waals surface area contributed by atoms with Gasteiger partial charge in [0.2, 0.25) is 0 Å². The van der Waals surface area contributed by atoms with Crippen molar-refractivity contribution in [2.45, 2.75) is 0 Å². The Bertz CT molecular complexity index is 1730. The van der Waals surface area contributed by atoms with Crippen LogP contribution in [0.2, 0.25) is 0 Å². The Kier molecular flexibility index (Phi) is 6.12. The van der Waals surface area contributed by atoms with E-state index in [0.29, 0.717) is 5.75 Å². The molecule has 5 heterocycles. The molecule has 0 radical (unpaired) electrons. The zero-order chi connectivity index (χ0) is 23.9. The summed E-state index contributed by atoms with van der Waals surface area (Å²) in [5.74, 6) is -0.521. The molecule has 3 aromatic heterocycles. The van der Waals surface area contributed by atoms with Crippen molar-refractivity contribution in [3.63, 3.8) is 0 Å². The van der Waals surface area contributed by atoms with Gasteiger partial charge in [0.15, 0.2) is 0 Å². The summed E-state index contributed by atoms with van der Waals surface area (Å²) in [6, 6.07) is 18.9. The zero-order valence-electron chi connectivity index (χ0n) is 19.4. The second kappa shape index (κ2) is 9.40. The smallest absolute Gasteiger partial charge is 0.335 e. The standard InChI is InChI=1S/C28H20N4O3.Zn/c1-35-27-10-16(28(33)34)2-9-24(27)25-14-23-13-21-6-5-19(30-21)11-17-3-4-18(29-17)12-20-7-8-22(31-20)15-26(25)32-23;/h2-15,30,32H,1H3,(H,33,34);. The van der Waals surface area contributed by atoms with Crippen molar-refractivity contribution < 1.29 is 34.1 Å². The SMILES string of the molecule is COc1cc(C(=O)O)ccc1-c1cc2cc3ccc(cc4nc(cc5nc(cc1[nH]2)C=C5)C=C4)[nH]3.[Zn].